The van der Waals surface area contributed by atoms with Gasteiger partial charge in [0.05, 0.1) is 5.69 Å². The molecule has 1 saturated heterocycles. The van der Waals surface area contributed by atoms with Gasteiger partial charge >= 0.3 is 0 Å². The molecule has 3 N–H and O–H groups in total. The number of carbonyl (C=O) groups is 1. The molecule has 0 saturated carbocycles. The van der Waals surface area contributed by atoms with Gasteiger partial charge in [0, 0.05) is 30.3 Å². The predicted octanol–water partition coefficient (Wildman–Crippen LogP) is 2.16. The largest absolute Gasteiger partial charge is 0.370 e. The molecule has 26 heavy (non-hydrogen) atoms. The Labute approximate surface area is 155 Å². The third kappa shape index (κ3) is 4.33. The zero-order valence-corrected chi connectivity index (χ0v) is 16.0. The van der Waals surface area contributed by atoms with Crippen molar-refractivity contribution in [2.45, 2.75) is 46.0 Å². The molecule has 142 valence electrons. The molecule has 0 unspecified atom stereocenters. The van der Waals surface area contributed by atoms with Gasteiger partial charge in [0.25, 0.3) is 0 Å². The van der Waals surface area contributed by atoms with Gasteiger partial charge in [-0.3, -0.25) is 4.79 Å². The van der Waals surface area contributed by atoms with Gasteiger partial charge in [-0.1, -0.05) is 13.8 Å². The Morgan fingerprint density at radius 3 is 2.73 bits per heavy atom. The Balaban J connectivity index is 1.54. The third-order valence-corrected chi connectivity index (χ3v) is 5.11. The summed E-state index contributed by atoms with van der Waals surface area (Å²) < 4.78 is 1.89. The molecule has 1 aliphatic heterocycles. The van der Waals surface area contributed by atoms with Crippen LogP contribution < -0.4 is 11.1 Å². The van der Waals surface area contributed by atoms with Crippen molar-refractivity contribution in [2.75, 3.05) is 31.5 Å². The lowest BCUT2D eigenvalue weighted by Gasteiger charge is -2.30. The highest BCUT2D eigenvalue weighted by atomic mass is 16.1. The molecule has 7 nitrogen and oxygen atoms in total. The first-order valence-electron chi connectivity index (χ1n) is 9.57. The van der Waals surface area contributed by atoms with E-state index in [1.807, 2.05) is 17.5 Å². The van der Waals surface area contributed by atoms with Crippen molar-refractivity contribution >= 4 is 17.4 Å². The van der Waals surface area contributed by atoms with Crippen LogP contribution in [-0.2, 0) is 4.79 Å². The second kappa shape index (κ2) is 8.03. The number of hydrogen-bond donors (Lipinski definition) is 2. The molecule has 3 heterocycles. The molecule has 1 aliphatic rings. The Morgan fingerprint density at radius 1 is 1.35 bits per heavy atom. The monoisotopic (exact) mass is 358 g/mol. The summed E-state index contributed by atoms with van der Waals surface area (Å²) in [5, 5.41) is 8.07. The van der Waals surface area contributed by atoms with Crippen molar-refractivity contribution in [2.24, 2.45) is 11.7 Å². The van der Waals surface area contributed by atoms with Crippen LogP contribution in [0.3, 0.4) is 0 Å². The minimum Gasteiger partial charge on any atom is -0.370 e. The fraction of sp³-hybridized carbons (Fsp3) is 0.632. The molecular weight excluding hydrogens is 328 g/mol. The number of anilines is 1. The second-order valence-electron chi connectivity index (χ2n) is 7.58. The number of nitrogens with one attached hydrogen (secondary N) is 1. The maximum atomic E-state index is 11.2. The number of fused-ring (bicyclic) bond motifs is 1. The Kier molecular flexibility index (Phi) is 5.76. The molecule has 7 heteroatoms. The van der Waals surface area contributed by atoms with Crippen molar-refractivity contribution in [1.82, 2.24) is 19.5 Å². The maximum Gasteiger partial charge on any atom is 0.220 e. The molecule has 0 bridgehead atoms. The summed E-state index contributed by atoms with van der Waals surface area (Å²) in [6.07, 6.45) is 2.82. The van der Waals surface area contributed by atoms with Crippen LogP contribution in [0.4, 0.5) is 5.82 Å². The van der Waals surface area contributed by atoms with E-state index in [9.17, 15) is 4.79 Å². The molecule has 0 radical (unpaired) electrons. The van der Waals surface area contributed by atoms with Crippen LogP contribution in [0.5, 0.6) is 0 Å². The Bertz CT molecular complexity index is 761. The van der Waals surface area contributed by atoms with Gasteiger partial charge in [-0.25, -0.2) is 4.98 Å². The number of likely N-dealkylation sites (tertiary alicyclic amines) is 1. The van der Waals surface area contributed by atoms with Gasteiger partial charge in [-0.05, 0) is 51.7 Å². The van der Waals surface area contributed by atoms with Crippen LogP contribution in [0.25, 0.3) is 5.65 Å². The number of aryl methyl sites for hydroxylation is 1. The van der Waals surface area contributed by atoms with Crippen molar-refractivity contribution in [3.05, 3.63) is 23.5 Å². The highest BCUT2D eigenvalue weighted by molar-refractivity contribution is 5.76. The van der Waals surface area contributed by atoms with E-state index >= 15 is 0 Å². The van der Waals surface area contributed by atoms with E-state index in [0.29, 0.717) is 5.92 Å². The Hall–Kier alpha value is -2.15. The zero-order chi connectivity index (χ0) is 18.7. The van der Waals surface area contributed by atoms with Crippen molar-refractivity contribution in [1.29, 1.82) is 0 Å². The maximum absolute atomic E-state index is 11.2. The highest BCUT2D eigenvalue weighted by Crippen LogP contribution is 2.20. The number of nitrogens with two attached hydrogens (primary N) is 1. The average Bonchev–Trinajstić information content (AvgIpc) is 2.99. The molecule has 1 fully saturated rings. The number of rotatable bonds is 7. The number of piperidine rings is 1. The number of carbonyl (C=O) groups excluding carboxylic acids is 1. The highest BCUT2D eigenvalue weighted by Gasteiger charge is 2.22. The van der Waals surface area contributed by atoms with Crippen molar-refractivity contribution in [3.63, 3.8) is 0 Å². The van der Waals surface area contributed by atoms with Crippen LogP contribution in [0.2, 0.25) is 0 Å². The van der Waals surface area contributed by atoms with E-state index < -0.39 is 0 Å². The van der Waals surface area contributed by atoms with E-state index in [1.165, 1.54) is 0 Å². The number of nitrogens with zero attached hydrogens (tertiary/aromatic N) is 4. The number of primary amides is 1. The fourth-order valence-corrected chi connectivity index (χ4v) is 3.49. The van der Waals surface area contributed by atoms with E-state index in [-0.39, 0.29) is 11.8 Å². The van der Waals surface area contributed by atoms with E-state index in [1.54, 1.807) is 0 Å². The van der Waals surface area contributed by atoms with Gasteiger partial charge in [0.15, 0.2) is 5.65 Å². The summed E-state index contributed by atoms with van der Waals surface area (Å²) in [5.41, 5.74) is 8.34. The van der Waals surface area contributed by atoms with E-state index in [4.69, 9.17) is 10.7 Å². The molecule has 2 aromatic rings. The molecular formula is C19H30N6O. The standard InChI is InChI=1S/C19H30N6O/c1-13(2)16-12-17(25-18(22-16)11-14(3)23-25)21-7-4-8-24-9-5-15(6-10-24)19(20)26/h11-13,15,21H,4-10H2,1-3H3,(H2,20,26). The summed E-state index contributed by atoms with van der Waals surface area (Å²) in [6.45, 7) is 10.1. The van der Waals surface area contributed by atoms with Crippen LogP contribution >= 0.6 is 0 Å². The number of hydrogen-bond acceptors (Lipinski definition) is 5. The minimum absolute atomic E-state index is 0.0620. The lowest BCUT2D eigenvalue weighted by molar-refractivity contribution is -0.123. The average molecular weight is 358 g/mol. The second-order valence-corrected chi connectivity index (χ2v) is 7.58. The van der Waals surface area contributed by atoms with Gasteiger partial charge in [0.2, 0.25) is 5.91 Å². The van der Waals surface area contributed by atoms with Crippen LogP contribution in [0, 0.1) is 12.8 Å². The molecule has 3 rings (SSSR count). The fourth-order valence-electron chi connectivity index (χ4n) is 3.49. The van der Waals surface area contributed by atoms with Crippen LogP contribution in [0.15, 0.2) is 12.1 Å². The van der Waals surface area contributed by atoms with Crippen LogP contribution in [0.1, 0.15) is 50.4 Å². The van der Waals surface area contributed by atoms with Gasteiger partial charge < -0.3 is 16.0 Å². The van der Waals surface area contributed by atoms with E-state index in [0.717, 1.165) is 68.3 Å². The first-order chi connectivity index (χ1) is 12.4. The summed E-state index contributed by atoms with van der Waals surface area (Å²) in [5.74, 6) is 1.29. The predicted molar refractivity (Wildman–Crippen MR) is 103 cm³/mol. The first kappa shape index (κ1) is 18.6. The summed E-state index contributed by atoms with van der Waals surface area (Å²) >= 11 is 0. The molecule has 2 aromatic heterocycles. The minimum atomic E-state index is -0.150. The summed E-state index contributed by atoms with van der Waals surface area (Å²) in [6, 6.07) is 4.11. The van der Waals surface area contributed by atoms with Gasteiger partial charge in [-0.15, -0.1) is 0 Å². The number of aromatic nitrogens is 3. The Morgan fingerprint density at radius 2 is 2.08 bits per heavy atom. The lowest BCUT2D eigenvalue weighted by Crippen LogP contribution is -2.39. The SMILES string of the molecule is Cc1cc2nc(C(C)C)cc(NCCCN3CCC(C(N)=O)CC3)n2n1. The molecule has 0 atom stereocenters. The van der Waals surface area contributed by atoms with Crippen LogP contribution in [-0.4, -0.2) is 51.6 Å². The van der Waals surface area contributed by atoms with E-state index in [2.05, 4.69) is 35.2 Å². The zero-order valence-electron chi connectivity index (χ0n) is 16.0. The summed E-state index contributed by atoms with van der Waals surface area (Å²) in [7, 11) is 0. The molecule has 0 spiro atoms. The van der Waals surface area contributed by atoms with Crippen molar-refractivity contribution in [3.8, 4) is 0 Å². The molecule has 0 aliphatic carbocycles. The first-order valence-corrected chi connectivity index (χ1v) is 9.57. The quantitative estimate of drug-likeness (QED) is 0.741. The topological polar surface area (TPSA) is 88.5 Å². The van der Waals surface area contributed by atoms with Gasteiger partial charge in [-0.2, -0.15) is 9.61 Å². The smallest absolute Gasteiger partial charge is 0.220 e. The normalized spacial score (nSPS) is 16.5. The number of amides is 1. The lowest BCUT2D eigenvalue weighted by atomic mass is 9.96. The third-order valence-electron chi connectivity index (χ3n) is 5.11. The van der Waals surface area contributed by atoms with Gasteiger partial charge in [0.1, 0.15) is 5.82 Å². The van der Waals surface area contributed by atoms with Crippen molar-refractivity contribution < 1.29 is 4.79 Å². The molecule has 0 aromatic carbocycles. The summed E-state index contributed by atoms with van der Waals surface area (Å²) in [4.78, 5) is 18.4. The molecule has 1 amide bonds.